The van der Waals surface area contributed by atoms with Crippen LogP contribution in [0.15, 0.2) is 47.8 Å². The Balaban J connectivity index is 1.54. The SMILES string of the molecule is COc1ccccc1S(=O)(=O)N1CCc2nc(NC(=O)c3cnccn3)sc2C1. The van der Waals surface area contributed by atoms with Crippen molar-refractivity contribution in [3.63, 3.8) is 0 Å². The average molecular weight is 431 g/mol. The van der Waals surface area contributed by atoms with Crippen LogP contribution in [0.1, 0.15) is 21.1 Å². The Bertz CT molecular complexity index is 1150. The molecule has 0 bridgehead atoms. The van der Waals surface area contributed by atoms with Crippen LogP contribution in [-0.2, 0) is 23.0 Å². The van der Waals surface area contributed by atoms with Crippen molar-refractivity contribution in [3.8, 4) is 5.75 Å². The minimum atomic E-state index is -3.72. The number of hydrogen-bond donors (Lipinski definition) is 1. The maximum absolute atomic E-state index is 13.1. The molecule has 0 saturated heterocycles. The van der Waals surface area contributed by atoms with Crippen LogP contribution in [0.25, 0.3) is 0 Å². The third-order valence-electron chi connectivity index (χ3n) is 4.40. The average Bonchev–Trinajstić information content (AvgIpc) is 3.15. The van der Waals surface area contributed by atoms with Crippen LogP contribution >= 0.6 is 11.3 Å². The largest absolute Gasteiger partial charge is 0.495 e. The zero-order chi connectivity index (χ0) is 20.4. The van der Waals surface area contributed by atoms with Crippen molar-refractivity contribution in [2.75, 3.05) is 19.0 Å². The number of carbonyl (C=O) groups excluding carboxylic acids is 1. The molecule has 3 aromatic rings. The second-order valence-corrected chi connectivity index (χ2v) is 9.16. The van der Waals surface area contributed by atoms with Gasteiger partial charge in [-0.3, -0.25) is 15.1 Å². The van der Waals surface area contributed by atoms with Gasteiger partial charge in [-0.2, -0.15) is 4.31 Å². The van der Waals surface area contributed by atoms with Gasteiger partial charge < -0.3 is 4.74 Å². The Kier molecular flexibility index (Phi) is 5.26. The van der Waals surface area contributed by atoms with Crippen molar-refractivity contribution in [1.29, 1.82) is 0 Å². The van der Waals surface area contributed by atoms with Gasteiger partial charge in [-0.1, -0.05) is 12.1 Å². The van der Waals surface area contributed by atoms with E-state index in [2.05, 4.69) is 20.3 Å². The second kappa shape index (κ2) is 7.85. The number of para-hydroxylation sites is 1. The molecular weight excluding hydrogens is 414 g/mol. The van der Waals surface area contributed by atoms with E-state index in [9.17, 15) is 13.2 Å². The predicted molar refractivity (Wildman–Crippen MR) is 106 cm³/mol. The first-order valence-electron chi connectivity index (χ1n) is 8.68. The number of thiazole rings is 1. The van der Waals surface area contributed by atoms with Crippen LogP contribution in [-0.4, -0.2) is 47.2 Å². The molecule has 0 saturated carbocycles. The summed E-state index contributed by atoms with van der Waals surface area (Å²) >= 11 is 1.25. The molecule has 0 unspecified atom stereocenters. The van der Waals surface area contributed by atoms with Gasteiger partial charge >= 0.3 is 0 Å². The number of nitrogens with zero attached hydrogens (tertiary/aromatic N) is 4. The third-order valence-corrected chi connectivity index (χ3v) is 7.28. The number of ether oxygens (including phenoxy) is 1. The topological polar surface area (TPSA) is 114 Å². The van der Waals surface area contributed by atoms with Crippen molar-refractivity contribution < 1.29 is 17.9 Å². The molecule has 1 amide bonds. The van der Waals surface area contributed by atoms with Crippen molar-refractivity contribution in [2.24, 2.45) is 0 Å². The normalized spacial score (nSPS) is 14.2. The Hall–Kier alpha value is -2.89. The second-order valence-electron chi connectivity index (χ2n) is 6.17. The smallest absolute Gasteiger partial charge is 0.277 e. The van der Waals surface area contributed by atoms with E-state index < -0.39 is 15.9 Å². The number of hydrogen-bond acceptors (Lipinski definition) is 8. The minimum absolute atomic E-state index is 0.131. The number of benzene rings is 1. The molecule has 1 N–H and O–H groups in total. The summed E-state index contributed by atoms with van der Waals surface area (Å²) < 4.78 is 32.8. The standard InChI is InChI=1S/C18H17N5O4S2/c1-27-14-4-2-3-5-16(14)29(25,26)23-9-6-12-15(11-23)28-18(21-12)22-17(24)13-10-19-7-8-20-13/h2-5,7-8,10H,6,9,11H2,1H3,(H,21,22,24). The molecule has 1 aliphatic heterocycles. The Morgan fingerprint density at radius 3 is 2.86 bits per heavy atom. The molecule has 4 rings (SSSR count). The molecule has 150 valence electrons. The fourth-order valence-corrected chi connectivity index (χ4v) is 5.64. The summed E-state index contributed by atoms with van der Waals surface area (Å²) in [6, 6.07) is 6.54. The number of anilines is 1. The van der Waals surface area contributed by atoms with Gasteiger partial charge in [0.2, 0.25) is 10.0 Å². The number of rotatable bonds is 5. The van der Waals surface area contributed by atoms with Crippen LogP contribution in [0.3, 0.4) is 0 Å². The monoisotopic (exact) mass is 431 g/mol. The quantitative estimate of drug-likeness (QED) is 0.656. The fourth-order valence-electron chi connectivity index (χ4n) is 2.98. The molecule has 0 fully saturated rings. The summed E-state index contributed by atoms with van der Waals surface area (Å²) in [5.41, 5.74) is 0.969. The van der Waals surface area contributed by atoms with Crippen LogP contribution in [0, 0.1) is 0 Å². The summed E-state index contributed by atoms with van der Waals surface area (Å²) in [5, 5.41) is 3.10. The lowest BCUT2D eigenvalue weighted by Gasteiger charge is -2.26. The summed E-state index contributed by atoms with van der Waals surface area (Å²) in [6.07, 6.45) is 4.74. The number of methoxy groups -OCH3 is 1. The highest BCUT2D eigenvalue weighted by atomic mass is 32.2. The Morgan fingerprint density at radius 1 is 1.28 bits per heavy atom. The van der Waals surface area contributed by atoms with Gasteiger partial charge in [-0.15, -0.1) is 11.3 Å². The van der Waals surface area contributed by atoms with Gasteiger partial charge in [0, 0.05) is 30.2 Å². The molecule has 1 aromatic carbocycles. The van der Waals surface area contributed by atoms with Crippen molar-refractivity contribution in [2.45, 2.75) is 17.9 Å². The zero-order valence-electron chi connectivity index (χ0n) is 15.4. The van der Waals surface area contributed by atoms with Gasteiger partial charge in [0.15, 0.2) is 5.13 Å². The minimum Gasteiger partial charge on any atom is -0.495 e. The number of sulfonamides is 1. The predicted octanol–water partition coefficient (Wildman–Crippen LogP) is 1.94. The number of fused-ring (bicyclic) bond motifs is 1. The third kappa shape index (κ3) is 3.84. The van der Waals surface area contributed by atoms with Gasteiger partial charge in [0.25, 0.3) is 5.91 Å². The maximum Gasteiger partial charge on any atom is 0.277 e. The van der Waals surface area contributed by atoms with E-state index >= 15 is 0 Å². The molecule has 0 spiro atoms. The van der Waals surface area contributed by atoms with E-state index in [1.54, 1.807) is 18.2 Å². The summed E-state index contributed by atoms with van der Waals surface area (Å²) in [5.74, 6) is -0.109. The first-order valence-corrected chi connectivity index (χ1v) is 10.9. The molecule has 1 aliphatic rings. The maximum atomic E-state index is 13.1. The summed E-state index contributed by atoms with van der Waals surface area (Å²) in [6.45, 7) is 0.489. The number of nitrogens with one attached hydrogen (secondary N) is 1. The molecule has 11 heteroatoms. The van der Waals surface area contributed by atoms with Crippen molar-refractivity contribution in [1.82, 2.24) is 19.3 Å². The molecule has 3 heterocycles. The highest BCUT2D eigenvalue weighted by Crippen LogP contribution is 2.33. The molecule has 9 nitrogen and oxygen atoms in total. The van der Waals surface area contributed by atoms with Crippen LogP contribution < -0.4 is 10.1 Å². The fraction of sp³-hybridized carbons (Fsp3) is 0.222. The van der Waals surface area contributed by atoms with E-state index in [4.69, 9.17) is 4.74 Å². The van der Waals surface area contributed by atoms with E-state index in [0.717, 1.165) is 10.6 Å². The molecule has 29 heavy (non-hydrogen) atoms. The van der Waals surface area contributed by atoms with E-state index in [1.807, 2.05) is 0 Å². The number of amides is 1. The van der Waals surface area contributed by atoms with Gasteiger partial charge in [-0.05, 0) is 12.1 Å². The summed E-state index contributed by atoms with van der Waals surface area (Å²) in [7, 11) is -2.28. The lowest BCUT2D eigenvalue weighted by atomic mass is 10.2. The van der Waals surface area contributed by atoms with E-state index in [1.165, 1.54) is 47.4 Å². The summed E-state index contributed by atoms with van der Waals surface area (Å²) in [4.78, 5) is 25.4. The molecule has 0 radical (unpaired) electrons. The van der Waals surface area contributed by atoms with E-state index in [-0.39, 0.29) is 17.1 Å². The molecular formula is C18H17N5O4S2. The number of carbonyl (C=O) groups is 1. The van der Waals surface area contributed by atoms with Gasteiger partial charge in [-0.25, -0.2) is 18.4 Å². The van der Waals surface area contributed by atoms with Crippen LogP contribution in [0.2, 0.25) is 0 Å². The van der Waals surface area contributed by atoms with Crippen LogP contribution in [0.5, 0.6) is 5.75 Å². The molecule has 0 aliphatic carbocycles. The molecule has 0 atom stereocenters. The zero-order valence-corrected chi connectivity index (χ0v) is 17.0. The Morgan fingerprint density at radius 2 is 2.10 bits per heavy atom. The Labute approximate surface area is 171 Å². The van der Waals surface area contributed by atoms with E-state index in [0.29, 0.717) is 23.8 Å². The van der Waals surface area contributed by atoms with Gasteiger partial charge in [0.1, 0.15) is 16.3 Å². The van der Waals surface area contributed by atoms with Crippen molar-refractivity contribution in [3.05, 3.63) is 59.1 Å². The lowest BCUT2D eigenvalue weighted by Crippen LogP contribution is -2.35. The number of aromatic nitrogens is 3. The first kappa shape index (κ1) is 19.4. The van der Waals surface area contributed by atoms with Gasteiger partial charge in [0.05, 0.1) is 25.5 Å². The van der Waals surface area contributed by atoms with Crippen LogP contribution in [0.4, 0.5) is 5.13 Å². The highest BCUT2D eigenvalue weighted by molar-refractivity contribution is 7.89. The van der Waals surface area contributed by atoms with Crippen molar-refractivity contribution >= 4 is 32.4 Å². The lowest BCUT2D eigenvalue weighted by molar-refractivity contribution is 0.102. The molecule has 2 aromatic heterocycles. The highest BCUT2D eigenvalue weighted by Gasteiger charge is 2.32. The first-order chi connectivity index (χ1) is 14.0.